The third-order valence-corrected chi connectivity index (χ3v) is 6.36. The minimum atomic E-state index is -3.15. The molecule has 0 aromatic heterocycles. The maximum atomic E-state index is 11.8. The molecule has 4 nitrogen and oxygen atoms in total. The SMILES string of the molecule is CC(O)(c1ccccc1Cl)C1(CN)CCS(=O)(=O)C1. The van der Waals surface area contributed by atoms with Gasteiger partial charge in [0.1, 0.15) is 0 Å². The van der Waals surface area contributed by atoms with Gasteiger partial charge in [-0.1, -0.05) is 29.8 Å². The number of benzene rings is 1. The Hall–Kier alpha value is -0.620. The molecular formula is C13H18ClNO3S. The van der Waals surface area contributed by atoms with Crippen molar-refractivity contribution in [2.24, 2.45) is 11.1 Å². The maximum Gasteiger partial charge on any atom is 0.151 e. The van der Waals surface area contributed by atoms with E-state index in [0.717, 1.165) is 0 Å². The molecule has 2 rings (SSSR count). The zero-order valence-electron chi connectivity index (χ0n) is 10.8. The molecule has 19 heavy (non-hydrogen) atoms. The number of hydrogen-bond donors (Lipinski definition) is 2. The third kappa shape index (κ3) is 2.40. The van der Waals surface area contributed by atoms with Crippen molar-refractivity contribution >= 4 is 21.4 Å². The first-order chi connectivity index (χ1) is 8.74. The molecule has 1 aromatic carbocycles. The van der Waals surface area contributed by atoms with E-state index in [4.69, 9.17) is 17.3 Å². The van der Waals surface area contributed by atoms with Crippen LogP contribution in [0.2, 0.25) is 5.02 Å². The molecule has 1 saturated heterocycles. The van der Waals surface area contributed by atoms with Gasteiger partial charge >= 0.3 is 0 Å². The Labute approximate surface area is 118 Å². The summed E-state index contributed by atoms with van der Waals surface area (Å²) < 4.78 is 23.5. The lowest BCUT2D eigenvalue weighted by molar-refractivity contribution is -0.0582. The molecule has 1 aromatic rings. The molecule has 0 amide bonds. The maximum absolute atomic E-state index is 11.8. The highest BCUT2D eigenvalue weighted by molar-refractivity contribution is 7.91. The van der Waals surface area contributed by atoms with Crippen LogP contribution in [0.1, 0.15) is 18.9 Å². The monoisotopic (exact) mass is 303 g/mol. The first kappa shape index (κ1) is 14.8. The molecule has 0 spiro atoms. The van der Waals surface area contributed by atoms with E-state index in [0.29, 0.717) is 17.0 Å². The van der Waals surface area contributed by atoms with E-state index in [1.807, 2.05) is 0 Å². The number of hydrogen-bond acceptors (Lipinski definition) is 4. The Balaban J connectivity index is 2.52. The van der Waals surface area contributed by atoms with Crippen LogP contribution in [0.4, 0.5) is 0 Å². The van der Waals surface area contributed by atoms with E-state index < -0.39 is 20.9 Å². The molecule has 0 radical (unpaired) electrons. The molecule has 1 heterocycles. The van der Waals surface area contributed by atoms with E-state index in [1.165, 1.54) is 0 Å². The van der Waals surface area contributed by atoms with Crippen LogP contribution in [0.5, 0.6) is 0 Å². The van der Waals surface area contributed by atoms with Gasteiger partial charge in [-0.3, -0.25) is 0 Å². The van der Waals surface area contributed by atoms with Crippen LogP contribution >= 0.6 is 11.6 Å². The molecule has 1 aliphatic rings. The minimum absolute atomic E-state index is 0.0603. The van der Waals surface area contributed by atoms with Crippen LogP contribution in [0.25, 0.3) is 0 Å². The lowest BCUT2D eigenvalue weighted by atomic mass is 9.69. The Morgan fingerprint density at radius 3 is 2.58 bits per heavy atom. The van der Waals surface area contributed by atoms with E-state index >= 15 is 0 Å². The second kappa shape index (κ2) is 4.74. The molecule has 0 saturated carbocycles. The van der Waals surface area contributed by atoms with Gasteiger partial charge < -0.3 is 10.8 Å². The van der Waals surface area contributed by atoms with Crippen molar-refractivity contribution in [2.45, 2.75) is 18.9 Å². The number of nitrogens with two attached hydrogens (primary N) is 1. The molecule has 3 N–H and O–H groups in total. The van der Waals surface area contributed by atoms with Gasteiger partial charge in [-0.2, -0.15) is 0 Å². The van der Waals surface area contributed by atoms with Gasteiger partial charge in [0.25, 0.3) is 0 Å². The van der Waals surface area contributed by atoms with E-state index in [1.54, 1.807) is 31.2 Å². The molecule has 2 atom stereocenters. The second-order valence-corrected chi connectivity index (χ2v) is 7.97. The number of sulfone groups is 1. The summed E-state index contributed by atoms with van der Waals surface area (Å²) in [7, 11) is -3.15. The van der Waals surface area contributed by atoms with Crippen molar-refractivity contribution in [1.29, 1.82) is 0 Å². The topological polar surface area (TPSA) is 80.4 Å². The quantitative estimate of drug-likeness (QED) is 0.882. The van der Waals surface area contributed by atoms with Gasteiger partial charge in [-0.15, -0.1) is 0 Å². The third-order valence-electron chi connectivity index (χ3n) is 4.21. The first-order valence-electron chi connectivity index (χ1n) is 6.12. The van der Waals surface area contributed by atoms with Gasteiger partial charge in [-0.25, -0.2) is 8.42 Å². The van der Waals surface area contributed by atoms with Gasteiger partial charge in [0, 0.05) is 22.5 Å². The van der Waals surface area contributed by atoms with Crippen LogP contribution in [0.15, 0.2) is 24.3 Å². The van der Waals surface area contributed by atoms with Gasteiger partial charge in [0.15, 0.2) is 9.84 Å². The van der Waals surface area contributed by atoms with E-state index in [2.05, 4.69) is 0 Å². The van der Waals surface area contributed by atoms with Crippen molar-refractivity contribution in [1.82, 2.24) is 0 Å². The fraction of sp³-hybridized carbons (Fsp3) is 0.538. The smallest absolute Gasteiger partial charge is 0.151 e. The fourth-order valence-corrected chi connectivity index (χ4v) is 5.35. The molecule has 1 fully saturated rings. The standard InChI is InChI=1S/C13H18ClNO3S/c1-12(16,10-4-2-3-5-11(10)14)13(8-15)6-7-19(17,18)9-13/h2-5,16H,6-9,15H2,1H3. The minimum Gasteiger partial charge on any atom is -0.385 e. The van der Waals surface area contributed by atoms with E-state index in [-0.39, 0.29) is 18.1 Å². The van der Waals surface area contributed by atoms with E-state index in [9.17, 15) is 13.5 Å². The summed E-state index contributed by atoms with van der Waals surface area (Å²) in [6, 6.07) is 6.93. The zero-order chi connectivity index (χ0) is 14.3. The highest BCUT2D eigenvalue weighted by atomic mass is 35.5. The Bertz CT molecular complexity index is 585. The summed E-state index contributed by atoms with van der Waals surface area (Å²) in [5.74, 6) is -0.0421. The van der Waals surface area contributed by atoms with Gasteiger partial charge in [-0.05, 0) is 19.4 Å². The molecule has 2 unspecified atom stereocenters. The average Bonchev–Trinajstić information content (AvgIpc) is 2.67. The van der Waals surface area contributed by atoms with Crippen molar-refractivity contribution in [3.05, 3.63) is 34.9 Å². The highest BCUT2D eigenvalue weighted by Gasteiger charge is 2.54. The van der Waals surface area contributed by atoms with Crippen LogP contribution < -0.4 is 5.73 Å². The summed E-state index contributed by atoms with van der Waals surface area (Å²) in [6.45, 7) is 1.70. The lowest BCUT2D eigenvalue weighted by Crippen LogP contribution is -2.49. The molecule has 6 heteroatoms. The Morgan fingerprint density at radius 2 is 2.11 bits per heavy atom. The van der Waals surface area contributed by atoms with Crippen molar-refractivity contribution in [3.8, 4) is 0 Å². The summed E-state index contributed by atoms with van der Waals surface area (Å²) in [5.41, 5.74) is 4.07. The van der Waals surface area contributed by atoms with Crippen molar-refractivity contribution in [2.75, 3.05) is 18.1 Å². The number of halogens is 1. The highest BCUT2D eigenvalue weighted by Crippen LogP contribution is 2.48. The van der Waals surface area contributed by atoms with Gasteiger partial charge in [0.2, 0.25) is 0 Å². The van der Waals surface area contributed by atoms with Crippen LogP contribution in [-0.2, 0) is 15.4 Å². The van der Waals surface area contributed by atoms with Gasteiger partial charge in [0.05, 0.1) is 17.1 Å². The molecule has 0 aliphatic carbocycles. The first-order valence-corrected chi connectivity index (χ1v) is 8.32. The van der Waals surface area contributed by atoms with Crippen LogP contribution in [0, 0.1) is 5.41 Å². The Morgan fingerprint density at radius 1 is 1.47 bits per heavy atom. The lowest BCUT2D eigenvalue weighted by Gasteiger charge is -2.42. The number of aliphatic hydroxyl groups is 1. The van der Waals surface area contributed by atoms with Crippen LogP contribution in [-0.4, -0.2) is 31.6 Å². The predicted octanol–water partition coefficient (Wildman–Crippen LogP) is 1.31. The van der Waals surface area contributed by atoms with Crippen molar-refractivity contribution in [3.63, 3.8) is 0 Å². The predicted molar refractivity (Wildman–Crippen MR) is 75.8 cm³/mol. The van der Waals surface area contributed by atoms with Crippen LogP contribution in [0.3, 0.4) is 0 Å². The Kier molecular flexibility index (Phi) is 3.68. The summed E-state index contributed by atoms with van der Waals surface area (Å²) in [4.78, 5) is 0. The largest absolute Gasteiger partial charge is 0.385 e. The molecule has 1 aliphatic heterocycles. The molecule has 0 bridgehead atoms. The number of rotatable bonds is 3. The average molecular weight is 304 g/mol. The molecule has 106 valence electrons. The summed E-state index contributed by atoms with van der Waals surface area (Å²) >= 11 is 6.13. The summed E-state index contributed by atoms with van der Waals surface area (Å²) in [6.07, 6.45) is 0.351. The molecular weight excluding hydrogens is 286 g/mol. The second-order valence-electron chi connectivity index (χ2n) is 5.38. The zero-order valence-corrected chi connectivity index (χ0v) is 12.3. The van der Waals surface area contributed by atoms with Crippen molar-refractivity contribution < 1.29 is 13.5 Å². The summed E-state index contributed by atoms with van der Waals surface area (Å²) in [5, 5.41) is 11.3. The fourth-order valence-electron chi connectivity index (χ4n) is 2.80. The normalized spacial score (nSPS) is 29.1.